The number of aliphatic hydroxyl groups excluding tert-OH is 1. The summed E-state index contributed by atoms with van der Waals surface area (Å²) in [6, 6.07) is 22.9. The van der Waals surface area contributed by atoms with Gasteiger partial charge in [-0.3, -0.25) is 0 Å². The van der Waals surface area contributed by atoms with E-state index in [1.165, 1.54) is 0 Å². The number of rotatable bonds is 13. The van der Waals surface area contributed by atoms with Crippen molar-refractivity contribution in [3.8, 4) is 34.2 Å². The normalized spacial score (nSPS) is 11.9. The molecule has 4 rings (SSSR count). The summed E-state index contributed by atoms with van der Waals surface area (Å²) in [5.41, 5.74) is 2.77. The molecule has 6 nitrogen and oxygen atoms in total. The van der Waals surface area contributed by atoms with Crippen molar-refractivity contribution in [2.24, 2.45) is 0 Å². The topological polar surface area (TPSA) is 65.7 Å². The third kappa shape index (κ3) is 7.59. The fraction of sp³-hybridized carbons (Fsp3) is 0.300. The van der Waals surface area contributed by atoms with Crippen molar-refractivity contribution < 1.29 is 19.3 Å². The maximum absolute atomic E-state index is 10.0. The summed E-state index contributed by atoms with van der Waals surface area (Å²) >= 11 is 5.96. The number of aliphatic hydroxyl groups is 1. The Morgan fingerprint density at radius 2 is 1.54 bits per heavy atom. The van der Waals surface area contributed by atoms with E-state index in [1.807, 2.05) is 78.4 Å². The molecule has 7 heteroatoms. The minimum absolute atomic E-state index is 0.296. The highest BCUT2D eigenvalue weighted by molar-refractivity contribution is 6.30. The van der Waals surface area contributed by atoms with Crippen molar-refractivity contribution in [3.63, 3.8) is 0 Å². The van der Waals surface area contributed by atoms with Gasteiger partial charge in [0.1, 0.15) is 36.3 Å². The maximum atomic E-state index is 10.0. The molecule has 1 aromatic heterocycles. The van der Waals surface area contributed by atoms with E-state index in [4.69, 9.17) is 30.8 Å². The minimum Gasteiger partial charge on any atom is -0.491 e. The first-order valence-corrected chi connectivity index (χ1v) is 13.0. The Morgan fingerprint density at radius 3 is 2.19 bits per heavy atom. The molecular formula is C30H33ClN2O4. The van der Waals surface area contributed by atoms with Gasteiger partial charge in [0.25, 0.3) is 0 Å². The highest BCUT2D eigenvalue weighted by atomic mass is 35.5. The molecule has 1 N–H and O–H groups in total. The van der Waals surface area contributed by atoms with E-state index < -0.39 is 6.10 Å². The van der Waals surface area contributed by atoms with Crippen molar-refractivity contribution in [2.45, 2.75) is 45.8 Å². The monoisotopic (exact) mass is 520 g/mol. The Morgan fingerprint density at radius 1 is 0.892 bits per heavy atom. The van der Waals surface area contributed by atoms with Crippen molar-refractivity contribution in [2.75, 3.05) is 13.2 Å². The number of nitrogens with zero attached hydrogens (tertiary/aromatic N) is 2. The lowest BCUT2D eigenvalue weighted by Crippen LogP contribution is -2.17. The molecule has 0 fully saturated rings. The van der Waals surface area contributed by atoms with Crippen molar-refractivity contribution >= 4 is 11.6 Å². The van der Waals surface area contributed by atoms with Crippen LogP contribution in [0.25, 0.3) is 16.9 Å². The summed E-state index contributed by atoms with van der Waals surface area (Å²) in [5, 5.41) is 10.7. The van der Waals surface area contributed by atoms with E-state index in [1.54, 1.807) is 12.1 Å². The smallest absolute Gasteiger partial charge is 0.140 e. The molecule has 0 spiro atoms. The molecule has 0 radical (unpaired) electrons. The number of hydrogen-bond donors (Lipinski definition) is 1. The number of benzene rings is 3. The first-order valence-electron chi connectivity index (χ1n) is 12.7. The summed E-state index contributed by atoms with van der Waals surface area (Å²) in [6.07, 6.45) is 4.37. The Kier molecular flexibility index (Phi) is 9.60. The van der Waals surface area contributed by atoms with Gasteiger partial charge in [0, 0.05) is 29.1 Å². The predicted molar refractivity (Wildman–Crippen MR) is 147 cm³/mol. The highest BCUT2D eigenvalue weighted by Gasteiger charge is 2.13. The number of ether oxygens (including phenoxy) is 3. The first-order chi connectivity index (χ1) is 18.1. The van der Waals surface area contributed by atoms with Crippen LogP contribution in [0.1, 0.15) is 38.9 Å². The molecule has 4 aromatic rings. The number of hydrogen-bond acceptors (Lipinski definition) is 5. The number of aromatic nitrogens is 2. The predicted octanol–water partition coefficient (Wildman–Crippen LogP) is 7.45. The van der Waals surface area contributed by atoms with E-state index >= 15 is 0 Å². The second-order valence-electron chi connectivity index (χ2n) is 8.73. The molecule has 1 atom stereocenters. The third-order valence-corrected chi connectivity index (χ3v) is 6.11. The molecule has 0 bridgehead atoms. The summed E-state index contributed by atoms with van der Waals surface area (Å²) in [5.74, 6) is 2.99. The summed E-state index contributed by atoms with van der Waals surface area (Å²) in [7, 11) is 0. The lowest BCUT2D eigenvalue weighted by atomic mass is 10.1. The number of halogens is 1. The standard InChI is InChI=1S/C30H33ClN2O4/c1-3-5-6-25(34)20-36-26-13-7-22(8-14-26)29-19-33(30(32-29)21-35-4-2)24-11-17-28(18-12-24)37-27-15-9-23(31)10-16-27/h7-19,25,34H,3-6,20-21H2,1-2H3/t25-/m0/s1. The zero-order valence-electron chi connectivity index (χ0n) is 21.3. The lowest BCUT2D eigenvalue weighted by Gasteiger charge is -2.12. The number of imidazole rings is 1. The lowest BCUT2D eigenvalue weighted by molar-refractivity contribution is 0.0980. The van der Waals surface area contributed by atoms with Gasteiger partial charge < -0.3 is 23.9 Å². The van der Waals surface area contributed by atoms with Crippen molar-refractivity contribution in [1.29, 1.82) is 0 Å². The Labute approximate surface area is 223 Å². The van der Waals surface area contributed by atoms with Crippen LogP contribution in [-0.2, 0) is 11.3 Å². The Bertz CT molecular complexity index is 1240. The molecular weight excluding hydrogens is 488 g/mol. The van der Waals surface area contributed by atoms with Crippen LogP contribution in [0.3, 0.4) is 0 Å². The van der Waals surface area contributed by atoms with Gasteiger partial charge in [0.2, 0.25) is 0 Å². The first kappa shape index (κ1) is 26.7. The third-order valence-electron chi connectivity index (χ3n) is 5.86. The van der Waals surface area contributed by atoms with E-state index in [-0.39, 0.29) is 0 Å². The van der Waals surface area contributed by atoms with Crippen molar-refractivity contribution in [1.82, 2.24) is 9.55 Å². The maximum Gasteiger partial charge on any atom is 0.140 e. The van der Waals surface area contributed by atoms with E-state index in [0.717, 1.165) is 59.3 Å². The van der Waals surface area contributed by atoms with Gasteiger partial charge in [-0.25, -0.2) is 4.98 Å². The van der Waals surface area contributed by atoms with Crippen LogP contribution in [0.4, 0.5) is 0 Å². The molecule has 194 valence electrons. The molecule has 0 unspecified atom stereocenters. The van der Waals surface area contributed by atoms with Gasteiger partial charge >= 0.3 is 0 Å². The Hall–Kier alpha value is -3.32. The summed E-state index contributed by atoms with van der Waals surface area (Å²) < 4.78 is 19.4. The van der Waals surface area contributed by atoms with Crippen LogP contribution in [0.2, 0.25) is 5.02 Å². The molecule has 0 aliphatic carbocycles. The average molecular weight is 521 g/mol. The molecule has 3 aromatic carbocycles. The largest absolute Gasteiger partial charge is 0.491 e. The molecule has 1 heterocycles. The summed E-state index contributed by atoms with van der Waals surface area (Å²) in [4.78, 5) is 4.84. The molecule has 0 aliphatic rings. The zero-order valence-corrected chi connectivity index (χ0v) is 22.0. The van der Waals surface area contributed by atoms with Crippen LogP contribution in [-0.4, -0.2) is 34.0 Å². The highest BCUT2D eigenvalue weighted by Crippen LogP contribution is 2.27. The van der Waals surface area contributed by atoms with E-state index in [2.05, 4.69) is 6.92 Å². The second kappa shape index (κ2) is 13.3. The van der Waals surface area contributed by atoms with Gasteiger partial charge in [0.15, 0.2) is 0 Å². The quantitative estimate of drug-likeness (QED) is 0.198. The van der Waals surface area contributed by atoms with Crippen LogP contribution >= 0.6 is 11.6 Å². The fourth-order valence-corrected chi connectivity index (χ4v) is 3.95. The van der Waals surface area contributed by atoms with Gasteiger partial charge in [0.05, 0.1) is 11.8 Å². The molecule has 0 amide bonds. The van der Waals surface area contributed by atoms with Crippen molar-refractivity contribution in [3.05, 3.63) is 89.8 Å². The Balaban J connectivity index is 1.48. The van der Waals surface area contributed by atoms with Gasteiger partial charge in [-0.15, -0.1) is 0 Å². The number of unbranched alkanes of at least 4 members (excludes halogenated alkanes) is 1. The second-order valence-corrected chi connectivity index (χ2v) is 9.17. The van der Waals surface area contributed by atoms with Gasteiger partial charge in [-0.2, -0.15) is 0 Å². The van der Waals surface area contributed by atoms with Gasteiger partial charge in [-0.1, -0.05) is 31.4 Å². The van der Waals surface area contributed by atoms with Crippen LogP contribution < -0.4 is 9.47 Å². The molecule has 0 saturated heterocycles. The van der Waals surface area contributed by atoms with E-state index in [0.29, 0.717) is 24.8 Å². The molecule has 0 saturated carbocycles. The van der Waals surface area contributed by atoms with Gasteiger partial charge in [-0.05, 0) is 86.1 Å². The average Bonchev–Trinajstić information content (AvgIpc) is 3.35. The van der Waals surface area contributed by atoms with Crippen LogP contribution in [0.15, 0.2) is 79.0 Å². The fourth-order valence-electron chi connectivity index (χ4n) is 3.83. The SMILES string of the molecule is CCCC[C@H](O)COc1ccc(-c2cn(-c3ccc(Oc4ccc(Cl)cc4)cc3)c(COCC)n2)cc1. The zero-order chi connectivity index (χ0) is 26.0. The molecule has 37 heavy (non-hydrogen) atoms. The summed E-state index contributed by atoms with van der Waals surface area (Å²) in [6.45, 7) is 5.38. The van der Waals surface area contributed by atoms with E-state index in [9.17, 15) is 5.11 Å². The minimum atomic E-state index is -0.445. The van der Waals surface area contributed by atoms with Crippen LogP contribution in [0, 0.1) is 0 Å². The van der Waals surface area contributed by atoms with Crippen LogP contribution in [0.5, 0.6) is 17.2 Å². The molecule has 0 aliphatic heterocycles.